The van der Waals surface area contributed by atoms with Crippen LogP contribution in [-0.2, 0) is 11.3 Å². The van der Waals surface area contributed by atoms with Crippen LogP contribution in [0.2, 0.25) is 10.0 Å². The number of hydrogen-bond donors (Lipinski definition) is 0. The lowest BCUT2D eigenvalue weighted by molar-refractivity contribution is 0.0321. The summed E-state index contributed by atoms with van der Waals surface area (Å²) >= 11 is 12.9. The molecule has 0 saturated carbocycles. The number of aryl methyl sites for hydroxylation is 1. The summed E-state index contributed by atoms with van der Waals surface area (Å²) in [6, 6.07) is 13.9. The van der Waals surface area contributed by atoms with Crippen LogP contribution < -0.4 is 9.47 Å². The number of aromatic nitrogens is 1. The van der Waals surface area contributed by atoms with Crippen molar-refractivity contribution in [3.05, 3.63) is 63.8 Å². The van der Waals surface area contributed by atoms with Crippen LogP contribution in [-0.4, -0.2) is 98.5 Å². The molecule has 7 nitrogen and oxygen atoms in total. The summed E-state index contributed by atoms with van der Waals surface area (Å²) in [6.45, 7) is 13.1. The number of hydrogen-bond acceptors (Lipinski definition) is 7. The van der Waals surface area contributed by atoms with Crippen molar-refractivity contribution in [1.82, 2.24) is 19.7 Å². The molecular weight excluding hydrogens is 523 g/mol. The summed E-state index contributed by atoms with van der Waals surface area (Å²) in [5.74, 6) is 1.65. The smallest absolute Gasteiger partial charge is 0.142 e. The van der Waals surface area contributed by atoms with Crippen molar-refractivity contribution in [2.45, 2.75) is 13.5 Å². The second kappa shape index (κ2) is 13.3. The average molecular weight is 560 g/mol. The van der Waals surface area contributed by atoms with Gasteiger partial charge in [0.1, 0.15) is 24.7 Å². The highest BCUT2D eigenvalue weighted by molar-refractivity contribution is 6.35. The molecule has 1 aromatic heterocycles. The van der Waals surface area contributed by atoms with Crippen molar-refractivity contribution < 1.29 is 14.2 Å². The van der Waals surface area contributed by atoms with Crippen molar-refractivity contribution in [1.29, 1.82) is 0 Å². The van der Waals surface area contributed by atoms with Gasteiger partial charge in [0.25, 0.3) is 0 Å². The Morgan fingerprint density at radius 3 is 2.34 bits per heavy atom. The standard InChI is InChI=1S/C29H36Cl2N4O3/c1-22-5-6-25-27(32-22)3-2-4-28(25)37-17-13-33-7-9-35(10-8-33)21-23-19-24(30)20-26(31)29(23)38-18-14-34-11-15-36-16-12-34/h2-6,19-20H,7-18,21H2,1H3. The lowest BCUT2D eigenvalue weighted by Crippen LogP contribution is -2.47. The zero-order valence-corrected chi connectivity index (χ0v) is 23.5. The van der Waals surface area contributed by atoms with E-state index in [4.69, 9.17) is 37.4 Å². The number of ether oxygens (including phenoxy) is 3. The van der Waals surface area contributed by atoms with E-state index in [0.717, 1.165) is 106 Å². The third-order valence-electron chi connectivity index (χ3n) is 7.20. The molecule has 2 saturated heterocycles. The van der Waals surface area contributed by atoms with Gasteiger partial charge in [-0.2, -0.15) is 0 Å². The van der Waals surface area contributed by atoms with Gasteiger partial charge in [-0.05, 0) is 43.3 Å². The first kappa shape index (κ1) is 27.4. The third kappa shape index (κ3) is 7.29. The number of morpholine rings is 1. The summed E-state index contributed by atoms with van der Waals surface area (Å²) in [4.78, 5) is 11.8. The summed E-state index contributed by atoms with van der Waals surface area (Å²) in [6.07, 6.45) is 0. The van der Waals surface area contributed by atoms with Gasteiger partial charge in [0.2, 0.25) is 0 Å². The van der Waals surface area contributed by atoms with E-state index in [2.05, 4.69) is 25.8 Å². The van der Waals surface area contributed by atoms with Crippen molar-refractivity contribution >= 4 is 34.1 Å². The zero-order valence-electron chi connectivity index (χ0n) is 22.0. The minimum atomic E-state index is 0.573. The van der Waals surface area contributed by atoms with Crippen LogP contribution in [0.25, 0.3) is 10.9 Å². The van der Waals surface area contributed by atoms with Gasteiger partial charge in [-0.1, -0.05) is 29.3 Å². The van der Waals surface area contributed by atoms with Gasteiger partial charge < -0.3 is 14.2 Å². The third-order valence-corrected chi connectivity index (χ3v) is 7.70. The van der Waals surface area contributed by atoms with Crippen LogP contribution in [0.3, 0.4) is 0 Å². The number of halogens is 2. The highest BCUT2D eigenvalue weighted by atomic mass is 35.5. The Morgan fingerprint density at radius 1 is 0.842 bits per heavy atom. The van der Waals surface area contributed by atoms with Gasteiger partial charge in [-0.15, -0.1) is 0 Å². The Morgan fingerprint density at radius 2 is 1.55 bits per heavy atom. The molecule has 0 unspecified atom stereocenters. The van der Waals surface area contributed by atoms with Gasteiger partial charge in [-0.25, -0.2) is 0 Å². The molecule has 38 heavy (non-hydrogen) atoms. The molecule has 2 aliphatic heterocycles. The minimum Gasteiger partial charge on any atom is -0.492 e. The lowest BCUT2D eigenvalue weighted by Gasteiger charge is -2.35. The van der Waals surface area contributed by atoms with E-state index in [1.807, 2.05) is 37.3 Å². The number of pyridine rings is 1. The first-order valence-corrected chi connectivity index (χ1v) is 14.2. The van der Waals surface area contributed by atoms with E-state index in [1.54, 1.807) is 6.07 Å². The SMILES string of the molecule is Cc1ccc2c(OCCN3CCN(Cc4cc(Cl)cc(Cl)c4OCCN4CCOCC4)CC3)cccc2n1. The molecule has 0 aliphatic carbocycles. The maximum absolute atomic E-state index is 6.56. The number of benzene rings is 2. The second-order valence-electron chi connectivity index (χ2n) is 9.92. The van der Waals surface area contributed by atoms with E-state index >= 15 is 0 Å². The lowest BCUT2D eigenvalue weighted by atomic mass is 10.1. The molecule has 9 heteroatoms. The molecule has 3 heterocycles. The molecule has 0 radical (unpaired) electrons. The normalized spacial score (nSPS) is 17.7. The summed E-state index contributed by atoms with van der Waals surface area (Å²) in [5.41, 5.74) is 3.03. The maximum atomic E-state index is 6.56. The average Bonchev–Trinajstić information content (AvgIpc) is 2.91. The number of fused-ring (bicyclic) bond motifs is 1. The molecule has 5 rings (SSSR count). The Bertz CT molecular complexity index is 1210. The highest BCUT2D eigenvalue weighted by Crippen LogP contribution is 2.33. The second-order valence-corrected chi connectivity index (χ2v) is 10.8. The molecule has 204 valence electrons. The topological polar surface area (TPSA) is 50.3 Å². The van der Waals surface area contributed by atoms with Gasteiger partial charge in [-0.3, -0.25) is 19.7 Å². The van der Waals surface area contributed by atoms with Crippen LogP contribution in [0.5, 0.6) is 11.5 Å². The van der Waals surface area contributed by atoms with Crippen LogP contribution in [0.1, 0.15) is 11.3 Å². The van der Waals surface area contributed by atoms with Gasteiger partial charge >= 0.3 is 0 Å². The Kier molecular flexibility index (Phi) is 9.59. The quantitative estimate of drug-likeness (QED) is 0.355. The maximum Gasteiger partial charge on any atom is 0.142 e. The van der Waals surface area contributed by atoms with Crippen LogP contribution in [0, 0.1) is 6.92 Å². The minimum absolute atomic E-state index is 0.573. The fourth-order valence-corrected chi connectivity index (χ4v) is 5.64. The fourth-order valence-electron chi connectivity index (χ4n) is 5.05. The predicted octanol–water partition coefficient (Wildman–Crippen LogP) is 4.76. The van der Waals surface area contributed by atoms with Gasteiger partial charge in [0.05, 0.1) is 23.8 Å². The molecule has 0 N–H and O–H groups in total. The Balaban J connectivity index is 1.10. The van der Waals surface area contributed by atoms with E-state index in [9.17, 15) is 0 Å². The summed E-state index contributed by atoms with van der Waals surface area (Å²) in [5, 5.41) is 2.27. The molecule has 3 aromatic rings. The van der Waals surface area contributed by atoms with E-state index < -0.39 is 0 Å². The highest BCUT2D eigenvalue weighted by Gasteiger charge is 2.20. The van der Waals surface area contributed by atoms with Crippen LogP contribution in [0.4, 0.5) is 0 Å². The van der Waals surface area contributed by atoms with E-state index in [1.165, 1.54) is 0 Å². The monoisotopic (exact) mass is 558 g/mol. The molecule has 0 amide bonds. The van der Waals surface area contributed by atoms with Gasteiger partial charge in [0, 0.05) is 80.6 Å². The molecule has 2 fully saturated rings. The molecular formula is C29H36Cl2N4O3. The summed E-state index contributed by atoms with van der Waals surface area (Å²) < 4.78 is 17.8. The summed E-state index contributed by atoms with van der Waals surface area (Å²) in [7, 11) is 0. The van der Waals surface area contributed by atoms with Crippen molar-refractivity contribution in [3.8, 4) is 11.5 Å². The fraction of sp³-hybridized carbons (Fsp3) is 0.483. The zero-order chi connectivity index (χ0) is 26.3. The molecule has 0 bridgehead atoms. The van der Waals surface area contributed by atoms with Crippen molar-refractivity contribution in [2.75, 3.05) is 78.8 Å². The van der Waals surface area contributed by atoms with Crippen LogP contribution >= 0.6 is 23.2 Å². The predicted molar refractivity (Wildman–Crippen MR) is 153 cm³/mol. The largest absolute Gasteiger partial charge is 0.492 e. The number of nitrogens with zero attached hydrogens (tertiary/aromatic N) is 4. The van der Waals surface area contributed by atoms with Crippen LogP contribution in [0.15, 0.2) is 42.5 Å². The molecule has 2 aliphatic rings. The molecule has 0 spiro atoms. The molecule has 2 aromatic carbocycles. The van der Waals surface area contributed by atoms with E-state index in [0.29, 0.717) is 23.3 Å². The number of rotatable bonds is 10. The Hall–Kier alpha value is -2.13. The van der Waals surface area contributed by atoms with Gasteiger partial charge in [0.15, 0.2) is 0 Å². The van der Waals surface area contributed by atoms with E-state index in [-0.39, 0.29) is 0 Å². The first-order valence-electron chi connectivity index (χ1n) is 13.4. The number of piperazine rings is 1. The Labute approximate surface area is 235 Å². The van der Waals surface area contributed by atoms with Crippen molar-refractivity contribution in [2.24, 2.45) is 0 Å². The molecule has 0 atom stereocenters. The van der Waals surface area contributed by atoms with Crippen molar-refractivity contribution in [3.63, 3.8) is 0 Å². The first-order chi connectivity index (χ1) is 18.5.